The molecule has 4 aromatic heterocycles. The van der Waals surface area contributed by atoms with Crippen LogP contribution in [-0.4, -0.2) is 40.3 Å². The number of rotatable bonds is 0. The Kier molecular flexibility index (Phi) is 12.0. The van der Waals surface area contributed by atoms with Gasteiger partial charge in [-0.3, -0.25) is 15.0 Å². The normalized spacial score (nSPS) is 8.00. The fraction of sp³-hybridized carbons (Fsp3) is 0. The third-order valence-corrected chi connectivity index (χ3v) is 1.93. The van der Waals surface area contributed by atoms with Crippen molar-refractivity contribution < 1.29 is 0 Å². The Hall–Kier alpha value is -3.68. The van der Waals surface area contributed by atoms with Gasteiger partial charge in [-0.05, 0) is 29.5 Å². The molecule has 0 fully saturated rings. The van der Waals surface area contributed by atoms with Gasteiger partial charge >= 0.3 is 0 Å². The van der Waals surface area contributed by atoms with Gasteiger partial charge in [0.15, 0.2) is 0 Å². The van der Waals surface area contributed by atoms with Crippen molar-refractivity contribution in [3.63, 3.8) is 0 Å². The van der Waals surface area contributed by atoms with Crippen molar-refractivity contribution in [3.05, 3.63) is 98.6 Å². The van der Waals surface area contributed by atoms with Crippen LogP contribution in [0, 0.1) is 0 Å². The van der Waals surface area contributed by atoms with E-state index in [0.29, 0.717) is 0 Å². The van der Waals surface area contributed by atoms with Crippen LogP contribution in [0.15, 0.2) is 98.6 Å². The maximum Gasteiger partial charge on any atom is 0.115 e. The first-order chi connectivity index (χ1) is 12.0. The zero-order valence-corrected chi connectivity index (χ0v) is 12.8. The first-order valence-electron chi connectivity index (χ1n) is 6.83. The molecule has 0 saturated heterocycles. The Morgan fingerprint density at radius 1 is 0.333 bits per heavy atom. The van der Waals surface area contributed by atoms with Crippen LogP contribution < -0.4 is 0 Å². The van der Waals surface area contributed by atoms with E-state index in [1.54, 1.807) is 74.1 Å². The number of hydrogen-bond donors (Lipinski definition) is 0. The molecule has 0 saturated carbocycles. The second-order valence-corrected chi connectivity index (χ2v) is 3.63. The monoisotopic (exact) mass is 320 g/mol. The van der Waals surface area contributed by atoms with Crippen molar-refractivity contribution in [2.24, 2.45) is 0 Å². The first-order valence-corrected chi connectivity index (χ1v) is 6.83. The molecule has 0 bridgehead atoms. The van der Waals surface area contributed by atoms with Crippen molar-refractivity contribution in [1.82, 2.24) is 40.3 Å². The number of hydrogen-bond acceptors (Lipinski definition) is 8. The fourth-order valence-electron chi connectivity index (χ4n) is 1.02. The second kappa shape index (κ2) is 15.7. The lowest BCUT2D eigenvalue weighted by atomic mass is 10.5. The van der Waals surface area contributed by atoms with E-state index in [4.69, 9.17) is 0 Å². The largest absolute Gasteiger partial charge is 0.265 e. The molecule has 0 aliphatic heterocycles. The molecule has 4 aromatic rings. The molecule has 8 nitrogen and oxygen atoms in total. The summed E-state index contributed by atoms with van der Waals surface area (Å²) in [4.78, 5) is 18.6. The predicted molar refractivity (Wildman–Crippen MR) is 88.1 cm³/mol. The van der Waals surface area contributed by atoms with Crippen molar-refractivity contribution in [3.8, 4) is 0 Å². The van der Waals surface area contributed by atoms with E-state index in [1.807, 2.05) is 18.2 Å². The molecule has 0 spiro atoms. The van der Waals surface area contributed by atoms with Crippen LogP contribution in [0.25, 0.3) is 0 Å². The van der Waals surface area contributed by atoms with E-state index in [2.05, 4.69) is 40.3 Å². The topological polar surface area (TPSA) is 103 Å². The molecular formula is C16H16N8. The van der Waals surface area contributed by atoms with Crippen LogP contribution >= 0.6 is 0 Å². The minimum Gasteiger partial charge on any atom is -0.265 e. The molecule has 4 heterocycles. The van der Waals surface area contributed by atoms with Gasteiger partial charge in [0.25, 0.3) is 0 Å². The van der Waals surface area contributed by atoms with Crippen LogP contribution in [0.4, 0.5) is 0 Å². The molecule has 120 valence electrons. The van der Waals surface area contributed by atoms with Gasteiger partial charge in [-0.1, -0.05) is 6.07 Å². The van der Waals surface area contributed by atoms with Gasteiger partial charge in [0.2, 0.25) is 0 Å². The standard InChI is InChI=1S/C5H5N.2C4H4N2.C3H3N3/c1-2-4-6-5-3-1;1-2-6-4-3-5-1;1-2-5-4-6-3-1;1-2-4-6-5-3-1/h1-5H;2*1-4H;1-3H. The van der Waals surface area contributed by atoms with Crippen LogP contribution in [0.3, 0.4) is 0 Å². The molecule has 0 atom stereocenters. The molecule has 8 heteroatoms. The molecule has 0 aromatic carbocycles. The molecule has 0 N–H and O–H groups in total. The summed E-state index contributed by atoms with van der Waals surface area (Å²) in [5.41, 5.74) is 0. The average Bonchev–Trinajstić information content (AvgIpc) is 2.75. The summed E-state index contributed by atoms with van der Waals surface area (Å²) in [7, 11) is 0. The highest BCUT2D eigenvalue weighted by Gasteiger charge is 1.61. The predicted octanol–water partition coefficient (Wildman–Crippen LogP) is 1.91. The summed E-state index contributed by atoms with van der Waals surface area (Å²) in [5.74, 6) is 0. The van der Waals surface area contributed by atoms with E-state index in [1.165, 1.54) is 6.33 Å². The minimum atomic E-state index is 1.50. The van der Waals surface area contributed by atoms with Crippen molar-refractivity contribution in [2.75, 3.05) is 0 Å². The van der Waals surface area contributed by atoms with Crippen LogP contribution in [-0.2, 0) is 0 Å². The summed E-state index contributed by atoms with van der Waals surface area (Å²) in [6.45, 7) is 0. The summed E-state index contributed by atoms with van der Waals surface area (Å²) in [5, 5.41) is 10.1. The summed E-state index contributed by atoms with van der Waals surface area (Å²) < 4.78 is 0. The summed E-state index contributed by atoms with van der Waals surface area (Å²) >= 11 is 0. The van der Waals surface area contributed by atoms with E-state index in [0.717, 1.165) is 0 Å². The number of aromatic nitrogens is 8. The fourth-order valence-corrected chi connectivity index (χ4v) is 1.02. The van der Waals surface area contributed by atoms with E-state index in [-0.39, 0.29) is 0 Å². The lowest BCUT2D eigenvalue weighted by Gasteiger charge is -1.70. The Bertz CT molecular complexity index is 436. The minimum absolute atomic E-state index is 1.50. The second-order valence-electron chi connectivity index (χ2n) is 3.63. The van der Waals surface area contributed by atoms with E-state index in [9.17, 15) is 0 Å². The van der Waals surface area contributed by atoms with Gasteiger partial charge in [0.05, 0.1) is 12.4 Å². The first kappa shape index (κ1) is 18.4. The SMILES string of the molecule is c1ccncc1.c1cnccn1.c1cncnc1.c1cnnnc1. The van der Waals surface area contributed by atoms with Gasteiger partial charge in [0.1, 0.15) is 6.33 Å². The van der Waals surface area contributed by atoms with E-state index >= 15 is 0 Å². The lowest BCUT2D eigenvalue weighted by Crippen LogP contribution is -1.78. The molecule has 0 aliphatic rings. The Morgan fingerprint density at radius 2 is 0.792 bits per heavy atom. The number of pyridine rings is 1. The van der Waals surface area contributed by atoms with E-state index < -0.39 is 0 Å². The van der Waals surface area contributed by atoms with Crippen LogP contribution in [0.5, 0.6) is 0 Å². The summed E-state index contributed by atoms with van der Waals surface area (Å²) in [6, 6.07) is 9.21. The van der Waals surface area contributed by atoms with Crippen molar-refractivity contribution >= 4 is 0 Å². The zero-order valence-electron chi connectivity index (χ0n) is 12.8. The molecule has 24 heavy (non-hydrogen) atoms. The molecule has 0 radical (unpaired) electrons. The van der Waals surface area contributed by atoms with Crippen molar-refractivity contribution in [2.45, 2.75) is 0 Å². The number of nitrogens with zero attached hydrogens (tertiary/aromatic N) is 8. The Labute approximate surface area is 139 Å². The van der Waals surface area contributed by atoms with Gasteiger partial charge in [0, 0.05) is 49.6 Å². The zero-order chi connectivity index (χ0) is 17.0. The Morgan fingerprint density at radius 3 is 0.958 bits per heavy atom. The highest BCUT2D eigenvalue weighted by Crippen LogP contribution is 1.73. The molecular weight excluding hydrogens is 304 g/mol. The third-order valence-electron chi connectivity index (χ3n) is 1.93. The highest BCUT2D eigenvalue weighted by atomic mass is 15.3. The van der Waals surface area contributed by atoms with Crippen molar-refractivity contribution in [1.29, 1.82) is 0 Å². The highest BCUT2D eigenvalue weighted by molar-refractivity contribution is 4.88. The van der Waals surface area contributed by atoms with Crippen LogP contribution in [0.2, 0.25) is 0 Å². The van der Waals surface area contributed by atoms with Gasteiger partial charge in [-0.2, -0.15) is 0 Å². The van der Waals surface area contributed by atoms with Gasteiger partial charge in [-0.25, -0.2) is 9.97 Å². The maximum absolute atomic E-state index is 3.78. The molecule has 0 amide bonds. The smallest absolute Gasteiger partial charge is 0.115 e. The summed E-state index contributed by atoms with van der Waals surface area (Å²) in [6.07, 6.45) is 18.1. The quantitative estimate of drug-likeness (QED) is 0.484. The average molecular weight is 320 g/mol. The lowest BCUT2D eigenvalue weighted by molar-refractivity contribution is 0.865. The molecule has 4 rings (SSSR count). The molecule has 0 aliphatic carbocycles. The molecule has 0 unspecified atom stereocenters. The van der Waals surface area contributed by atoms with Gasteiger partial charge in [-0.15, -0.1) is 10.2 Å². The van der Waals surface area contributed by atoms with Gasteiger partial charge < -0.3 is 0 Å². The van der Waals surface area contributed by atoms with Crippen LogP contribution in [0.1, 0.15) is 0 Å². The third kappa shape index (κ3) is 13.3. The maximum atomic E-state index is 3.78. The Balaban J connectivity index is 0.000000160.